The number of ether oxygens (including phenoxy) is 1. The number of methoxy groups -OCH3 is 1. The van der Waals surface area contributed by atoms with E-state index in [1.807, 2.05) is 17.0 Å². The van der Waals surface area contributed by atoms with Gasteiger partial charge >= 0.3 is 0 Å². The Kier molecular flexibility index (Phi) is 4.95. The molecule has 0 aliphatic carbocycles. The zero-order chi connectivity index (χ0) is 16.4. The first-order chi connectivity index (χ1) is 11.0. The van der Waals surface area contributed by atoms with E-state index in [4.69, 9.17) is 16.3 Å². The molecule has 1 aromatic rings. The molecule has 2 aliphatic rings. The van der Waals surface area contributed by atoms with Crippen LogP contribution in [0.1, 0.15) is 29.6 Å². The number of nitrogens with zero attached hydrogens (tertiary/aromatic N) is 2. The number of benzene rings is 1. The number of amides is 1. The molecule has 0 aromatic heterocycles. The van der Waals surface area contributed by atoms with E-state index in [-0.39, 0.29) is 5.91 Å². The number of halogens is 1. The number of rotatable bonds is 3. The van der Waals surface area contributed by atoms with Gasteiger partial charge in [-0.3, -0.25) is 4.79 Å². The van der Waals surface area contributed by atoms with Crippen molar-refractivity contribution in [1.82, 2.24) is 9.80 Å². The van der Waals surface area contributed by atoms with Crippen molar-refractivity contribution in [2.45, 2.75) is 25.3 Å². The van der Waals surface area contributed by atoms with E-state index < -0.39 is 0 Å². The van der Waals surface area contributed by atoms with Gasteiger partial charge in [-0.2, -0.15) is 0 Å². The summed E-state index contributed by atoms with van der Waals surface area (Å²) in [5.74, 6) is 0.0992. The lowest BCUT2D eigenvalue weighted by atomic mass is 9.76. The van der Waals surface area contributed by atoms with Crippen LogP contribution in [0.2, 0.25) is 5.02 Å². The predicted octanol–water partition coefficient (Wildman–Crippen LogP) is 2.91. The van der Waals surface area contributed by atoms with Gasteiger partial charge in [-0.1, -0.05) is 17.7 Å². The molecule has 0 saturated carbocycles. The molecule has 5 heteroatoms. The Morgan fingerprint density at radius 3 is 2.78 bits per heavy atom. The fraction of sp³-hybridized carbons (Fsp3) is 0.611. The van der Waals surface area contributed by atoms with Crippen LogP contribution in [0, 0.1) is 5.41 Å². The van der Waals surface area contributed by atoms with Gasteiger partial charge in [0.05, 0.1) is 6.61 Å². The van der Waals surface area contributed by atoms with Crippen LogP contribution >= 0.6 is 11.6 Å². The van der Waals surface area contributed by atoms with Crippen LogP contribution in [-0.2, 0) is 4.74 Å². The number of likely N-dealkylation sites (N-methyl/N-ethyl adjacent to an activating group) is 1. The lowest BCUT2D eigenvalue weighted by molar-refractivity contribution is 0.0592. The zero-order valence-electron chi connectivity index (χ0n) is 13.9. The third kappa shape index (κ3) is 3.54. The van der Waals surface area contributed by atoms with Gasteiger partial charge in [0.15, 0.2) is 0 Å². The second-order valence-electron chi connectivity index (χ2n) is 7.03. The van der Waals surface area contributed by atoms with Gasteiger partial charge < -0.3 is 14.5 Å². The molecular weight excluding hydrogens is 312 g/mol. The highest BCUT2D eigenvalue weighted by atomic mass is 35.5. The molecule has 1 aromatic carbocycles. The molecule has 0 radical (unpaired) electrons. The Morgan fingerprint density at radius 1 is 1.39 bits per heavy atom. The number of hydrogen-bond acceptors (Lipinski definition) is 3. The number of carbonyl (C=O) groups is 1. The number of likely N-dealkylation sites (tertiary alicyclic amines) is 2. The topological polar surface area (TPSA) is 32.8 Å². The van der Waals surface area contributed by atoms with Gasteiger partial charge in [0.2, 0.25) is 0 Å². The van der Waals surface area contributed by atoms with E-state index in [9.17, 15) is 4.79 Å². The molecule has 0 bridgehead atoms. The lowest BCUT2D eigenvalue weighted by Gasteiger charge is -2.39. The van der Waals surface area contributed by atoms with Crippen molar-refractivity contribution in [3.8, 4) is 0 Å². The number of carbonyl (C=O) groups excluding carboxylic acids is 1. The van der Waals surface area contributed by atoms with Crippen molar-refractivity contribution in [1.29, 1.82) is 0 Å². The van der Waals surface area contributed by atoms with Crippen LogP contribution in [0.5, 0.6) is 0 Å². The van der Waals surface area contributed by atoms with E-state index >= 15 is 0 Å². The SMILES string of the molecule is COCC1CC2(CCN(C(=O)c3cccc(Cl)c3)CC2)CN1C. The van der Waals surface area contributed by atoms with E-state index in [2.05, 4.69) is 11.9 Å². The first kappa shape index (κ1) is 16.7. The second-order valence-corrected chi connectivity index (χ2v) is 7.47. The minimum Gasteiger partial charge on any atom is -0.383 e. The van der Waals surface area contributed by atoms with Crippen molar-refractivity contribution in [2.75, 3.05) is 40.4 Å². The second kappa shape index (κ2) is 6.80. The molecule has 126 valence electrons. The Labute approximate surface area is 143 Å². The van der Waals surface area contributed by atoms with Crippen LogP contribution in [0.4, 0.5) is 0 Å². The Morgan fingerprint density at radius 2 is 2.13 bits per heavy atom. The minimum absolute atomic E-state index is 0.0992. The van der Waals surface area contributed by atoms with Gasteiger partial charge in [0.1, 0.15) is 0 Å². The summed E-state index contributed by atoms with van der Waals surface area (Å²) in [6, 6.07) is 7.74. The molecule has 2 aliphatic heterocycles. The number of piperidine rings is 1. The molecule has 2 fully saturated rings. The van der Waals surface area contributed by atoms with Crippen molar-refractivity contribution >= 4 is 17.5 Å². The first-order valence-electron chi connectivity index (χ1n) is 8.27. The summed E-state index contributed by atoms with van der Waals surface area (Å²) >= 11 is 6.00. The number of hydrogen-bond donors (Lipinski definition) is 0. The predicted molar refractivity (Wildman–Crippen MR) is 91.9 cm³/mol. The molecule has 23 heavy (non-hydrogen) atoms. The van der Waals surface area contributed by atoms with Crippen LogP contribution in [0.15, 0.2) is 24.3 Å². The summed E-state index contributed by atoms with van der Waals surface area (Å²) in [7, 11) is 3.95. The van der Waals surface area contributed by atoms with Gasteiger partial charge in [-0.25, -0.2) is 0 Å². The van der Waals surface area contributed by atoms with Crippen molar-refractivity contribution in [3.63, 3.8) is 0 Å². The van der Waals surface area contributed by atoms with Crippen LogP contribution in [0.25, 0.3) is 0 Å². The summed E-state index contributed by atoms with van der Waals surface area (Å²) < 4.78 is 5.34. The maximum atomic E-state index is 12.6. The largest absolute Gasteiger partial charge is 0.383 e. The average molecular weight is 337 g/mol. The van der Waals surface area contributed by atoms with E-state index in [1.54, 1.807) is 19.2 Å². The summed E-state index contributed by atoms with van der Waals surface area (Å²) in [5, 5.41) is 0.615. The molecule has 1 unspecified atom stereocenters. The van der Waals surface area contributed by atoms with Crippen molar-refractivity contribution in [3.05, 3.63) is 34.9 Å². The smallest absolute Gasteiger partial charge is 0.253 e. The van der Waals surface area contributed by atoms with Gasteiger partial charge in [-0.15, -0.1) is 0 Å². The summed E-state index contributed by atoms with van der Waals surface area (Å²) in [5.41, 5.74) is 1.04. The lowest BCUT2D eigenvalue weighted by Crippen LogP contribution is -2.44. The third-order valence-corrected chi connectivity index (χ3v) is 5.65. The van der Waals surface area contributed by atoms with Crippen LogP contribution < -0.4 is 0 Å². The molecule has 2 saturated heterocycles. The average Bonchev–Trinajstić information content (AvgIpc) is 2.83. The van der Waals surface area contributed by atoms with Gasteiger partial charge in [-0.05, 0) is 49.9 Å². The molecule has 1 atom stereocenters. The summed E-state index contributed by atoms with van der Waals surface area (Å²) in [6.07, 6.45) is 3.32. The highest BCUT2D eigenvalue weighted by Gasteiger charge is 2.44. The third-order valence-electron chi connectivity index (χ3n) is 5.42. The monoisotopic (exact) mass is 336 g/mol. The van der Waals surface area contributed by atoms with Gasteiger partial charge in [0, 0.05) is 43.4 Å². The molecule has 3 rings (SSSR count). The fourth-order valence-electron chi connectivity index (χ4n) is 4.11. The molecule has 4 nitrogen and oxygen atoms in total. The van der Waals surface area contributed by atoms with E-state index in [0.29, 0.717) is 22.0 Å². The van der Waals surface area contributed by atoms with Crippen molar-refractivity contribution < 1.29 is 9.53 Å². The quantitative estimate of drug-likeness (QED) is 0.851. The molecular formula is C18H25ClN2O2. The Hall–Kier alpha value is -1.10. The van der Waals surface area contributed by atoms with Gasteiger partial charge in [0.25, 0.3) is 5.91 Å². The minimum atomic E-state index is 0.0992. The Balaban J connectivity index is 1.61. The molecule has 0 N–H and O–H groups in total. The van der Waals surface area contributed by atoms with Crippen LogP contribution in [-0.4, -0.2) is 62.1 Å². The molecule has 1 amide bonds. The highest BCUT2D eigenvalue weighted by molar-refractivity contribution is 6.30. The maximum absolute atomic E-state index is 12.6. The first-order valence-corrected chi connectivity index (χ1v) is 8.65. The zero-order valence-corrected chi connectivity index (χ0v) is 14.7. The molecule has 2 heterocycles. The molecule has 1 spiro atoms. The Bertz CT molecular complexity index is 570. The summed E-state index contributed by atoms with van der Waals surface area (Å²) in [4.78, 5) is 17.0. The standard InChI is InChI=1S/C18H25ClN2O2/c1-20-13-18(11-16(20)12-23-2)6-8-21(9-7-18)17(22)14-4-3-5-15(19)10-14/h3-5,10,16H,6-9,11-13H2,1-2H3. The van der Waals surface area contributed by atoms with Crippen LogP contribution in [0.3, 0.4) is 0 Å². The van der Waals surface area contributed by atoms with Crippen molar-refractivity contribution in [2.24, 2.45) is 5.41 Å². The summed E-state index contributed by atoms with van der Waals surface area (Å²) in [6.45, 7) is 3.57. The fourth-order valence-corrected chi connectivity index (χ4v) is 4.30. The van der Waals surface area contributed by atoms with E-state index in [1.165, 1.54) is 6.42 Å². The maximum Gasteiger partial charge on any atom is 0.253 e. The highest BCUT2D eigenvalue weighted by Crippen LogP contribution is 2.43. The normalized spacial score (nSPS) is 24.3. The van der Waals surface area contributed by atoms with E-state index in [0.717, 1.165) is 39.1 Å².